The summed E-state index contributed by atoms with van der Waals surface area (Å²) in [4.78, 5) is 19.9. The van der Waals surface area contributed by atoms with Crippen LogP contribution in [0.3, 0.4) is 0 Å². The molecule has 0 saturated carbocycles. The molecule has 2 aromatic heterocycles. The molecule has 1 atom stereocenters. The number of aromatic amines is 1. The van der Waals surface area contributed by atoms with Crippen LogP contribution in [0.4, 0.5) is 0 Å². The van der Waals surface area contributed by atoms with Crippen molar-refractivity contribution in [3.63, 3.8) is 0 Å². The standard InChI is InChI=1S/C14H15N3O.H2/c1-3-9(2)11-8-13(18)17-12-7-5-4-6-10(12)15-14(17)16-11;/h4-9H,3H2,1-2H3,(H,15,16);1H. The van der Waals surface area contributed by atoms with Gasteiger partial charge in [0.15, 0.2) is 0 Å². The van der Waals surface area contributed by atoms with Crippen LogP contribution in [0.25, 0.3) is 16.8 Å². The fraction of sp³-hybridized carbons (Fsp3) is 0.286. The average Bonchev–Trinajstić information content (AvgIpc) is 2.76. The SMILES string of the molecule is CCC(C)c1cc(=O)n2c(nc3ccccc32)[nH]1.[HH]. The van der Waals surface area contributed by atoms with Crippen molar-refractivity contribution in [3.05, 3.63) is 46.4 Å². The highest BCUT2D eigenvalue weighted by atomic mass is 16.1. The molecule has 0 spiro atoms. The third-order valence-corrected chi connectivity index (χ3v) is 3.46. The molecule has 18 heavy (non-hydrogen) atoms. The Labute approximate surface area is 106 Å². The molecule has 94 valence electrons. The van der Waals surface area contributed by atoms with Crippen molar-refractivity contribution in [3.8, 4) is 0 Å². The smallest absolute Gasteiger partial charge is 0.259 e. The summed E-state index contributed by atoms with van der Waals surface area (Å²) in [5.41, 5.74) is 2.62. The van der Waals surface area contributed by atoms with Crippen molar-refractivity contribution in [2.45, 2.75) is 26.2 Å². The number of benzene rings is 1. The van der Waals surface area contributed by atoms with Gasteiger partial charge in [-0.05, 0) is 24.5 Å². The highest BCUT2D eigenvalue weighted by Gasteiger charge is 2.11. The van der Waals surface area contributed by atoms with E-state index in [9.17, 15) is 4.79 Å². The van der Waals surface area contributed by atoms with E-state index in [-0.39, 0.29) is 6.99 Å². The van der Waals surface area contributed by atoms with Gasteiger partial charge in [0.2, 0.25) is 5.78 Å². The predicted molar refractivity (Wildman–Crippen MR) is 74.1 cm³/mol. The highest BCUT2D eigenvalue weighted by Crippen LogP contribution is 2.17. The monoisotopic (exact) mass is 243 g/mol. The molecule has 4 nitrogen and oxygen atoms in total. The molecule has 3 aromatic rings. The fourth-order valence-electron chi connectivity index (χ4n) is 2.18. The zero-order valence-corrected chi connectivity index (χ0v) is 10.5. The zero-order chi connectivity index (χ0) is 12.7. The minimum Gasteiger partial charge on any atom is -0.328 e. The zero-order valence-electron chi connectivity index (χ0n) is 10.5. The third kappa shape index (κ3) is 1.53. The summed E-state index contributed by atoms with van der Waals surface area (Å²) in [6, 6.07) is 9.34. The van der Waals surface area contributed by atoms with E-state index in [1.807, 2.05) is 24.3 Å². The summed E-state index contributed by atoms with van der Waals surface area (Å²) in [5, 5.41) is 0. The highest BCUT2D eigenvalue weighted by molar-refractivity contribution is 5.79. The lowest BCUT2D eigenvalue weighted by Crippen LogP contribution is -2.15. The van der Waals surface area contributed by atoms with E-state index in [0.717, 1.165) is 23.1 Å². The maximum Gasteiger partial charge on any atom is 0.259 e. The lowest BCUT2D eigenvalue weighted by Gasteiger charge is -2.08. The number of H-pyrrole nitrogens is 1. The minimum absolute atomic E-state index is 0. The van der Waals surface area contributed by atoms with E-state index >= 15 is 0 Å². The molecular weight excluding hydrogens is 226 g/mol. The first-order chi connectivity index (χ1) is 8.70. The lowest BCUT2D eigenvalue weighted by molar-refractivity contribution is 0.704. The van der Waals surface area contributed by atoms with Gasteiger partial charge in [0.25, 0.3) is 5.56 Å². The summed E-state index contributed by atoms with van der Waals surface area (Å²) in [6.07, 6.45) is 0.992. The summed E-state index contributed by atoms with van der Waals surface area (Å²) in [6.45, 7) is 4.21. The third-order valence-electron chi connectivity index (χ3n) is 3.46. The molecule has 1 aromatic carbocycles. The molecule has 2 heterocycles. The Balaban J connectivity index is 0.00000133. The fourth-order valence-corrected chi connectivity index (χ4v) is 2.18. The number of imidazole rings is 1. The van der Waals surface area contributed by atoms with Crippen LogP contribution in [0, 0.1) is 0 Å². The van der Waals surface area contributed by atoms with Gasteiger partial charge < -0.3 is 4.98 Å². The van der Waals surface area contributed by atoms with Crippen LogP contribution in [0.1, 0.15) is 33.3 Å². The molecule has 1 N–H and O–H groups in total. The molecule has 0 fully saturated rings. The number of hydrogen-bond donors (Lipinski definition) is 1. The molecule has 4 heteroatoms. The quantitative estimate of drug-likeness (QED) is 0.752. The Kier molecular flexibility index (Phi) is 2.44. The normalized spacial score (nSPS) is 13.2. The molecule has 0 aliphatic rings. The van der Waals surface area contributed by atoms with Crippen LogP contribution < -0.4 is 5.56 Å². The van der Waals surface area contributed by atoms with Crippen LogP contribution in [0.5, 0.6) is 0 Å². The Morgan fingerprint density at radius 2 is 2.22 bits per heavy atom. The number of hydrogen-bond acceptors (Lipinski definition) is 2. The van der Waals surface area contributed by atoms with Crippen LogP contribution >= 0.6 is 0 Å². The Bertz CT molecular complexity index is 775. The number of para-hydroxylation sites is 2. The second kappa shape index (κ2) is 3.98. The van der Waals surface area contributed by atoms with E-state index in [2.05, 4.69) is 23.8 Å². The number of aromatic nitrogens is 3. The van der Waals surface area contributed by atoms with Gasteiger partial charge in [-0.25, -0.2) is 9.38 Å². The molecule has 3 rings (SSSR count). The molecule has 0 radical (unpaired) electrons. The van der Waals surface area contributed by atoms with E-state index in [4.69, 9.17) is 0 Å². The van der Waals surface area contributed by atoms with Crippen molar-refractivity contribution in [1.29, 1.82) is 0 Å². The summed E-state index contributed by atoms with van der Waals surface area (Å²) >= 11 is 0. The van der Waals surface area contributed by atoms with Crippen molar-refractivity contribution in [1.82, 2.24) is 14.4 Å². The number of fused-ring (bicyclic) bond motifs is 3. The molecule has 1 unspecified atom stereocenters. The van der Waals surface area contributed by atoms with Crippen molar-refractivity contribution >= 4 is 16.8 Å². The number of nitrogens with one attached hydrogen (secondary N) is 1. The van der Waals surface area contributed by atoms with Crippen LogP contribution in [-0.4, -0.2) is 14.4 Å². The summed E-state index contributed by atoms with van der Waals surface area (Å²) in [7, 11) is 0. The maximum absolute atomic E-state index is 12.2. The molecule has 0 bridgehead atoms. The number of nitrogens with zero attached hydrogens (tertiary/aromatic N) is 2. The van der Waals surface area contributed by atoms with Crippen LogP contribution in [0.15, 0.2) is 35.1 Å². The van der Waals surface area contributed by atoms with Gasteiger partial charge in [-0.3, -0.25) is 4.79 Å². The summed E-state index contributed by atoms with van der Waals surface area (Å²) < 4.78 is 1.63. The van der Waals surface area contributed by atoms with Crippen molar-refractivity contribution < 1.29 is 1.43 Å². The number of rotatable bonds is 2. The van der Waals surface area contributed by atoms with Crippen molar-refractivity contribution in [2.75, 3.05) is 0 Å². The van der Waals surface area contributed by atoms with Gasteiger partial charge in [0.1, 0.15) is 0 Å². The van der Waals surface area contributed by atoms with E-state index in [1.54, 1.807) is 10.5 Å². The maximum atomic E-state index is 12.2. The average molecular weight is 243 g/mol. The first-order valence-electron chi connectivity index (χ1n) is 6.21. The van der Waals surface area contributed by atoms with Gasteiger partial charge in [-0.2, -0.15) is 0 Å². The van der Waals surface area contributed by atoms with Gasteiger partial charge in [0, 0.05) is 13.2 Å². The van der Waals surface area contributed by atoms with Crippen LogP contribution in [0.2, 0.25) is 0 Å². The van der Waals surface area contributed by atoms with E-state index < -0.39 is 0 Å². The molecule has 0 aliphatic carbocycles. The van der Waals surface area contributed by atoms with E-state index in [1.165, 1.54) is 0 Å². The topological polar surface area (TPSA) is 50.2 Å². The Hall–Kier alpha value is -2.10. The van der Waals surface area contributed by atoms with Gasteiger partial charge >= 0.3 is 0 Å². The molecular formula is C14H17N3O. The molecule has 0 aliphatic heterocycles. The predicted octanol–water partition coefficient (Wildman–Crippen LogP) is 2.94. The van der Waals surface area contributed by atoms with E-state index in [0.29, 0.717) is 11.7 Å². The van der Waals surface area contributed by atoms with Gasteiger partial charge in [-0.15, -0.1) is 0 Å². The molecule has 0 saturated heterocycles. The largest absolute Gasteiger partial charge is 0.328 e. The minimum atomic E-state index is -0.0206. The lowest BCUT2D eigenvalue weighted by atomic mass is 10.1. The van der Waals surface area contributed by atoms with Gasteiger partial charge in [-0.1, -0.05) is 26.0 Å². The summed E-state index contributed by atoms with van der Waals surface area (Å²) in [5.74, 6) is 0.960. The second-order valence-electron chi connectivity index (χ2n) is 4.63. The first kappa shape index (κ1) is 11.0. The Morgan fingerprint density at radius 3 is 3.00 bits per heavy atom. The molecule has 0 amide bonds. The second-order valence-corrected chi connectivity index (χ2v) is 4.63. The van der Waals surface area contributed by atoms with Crippen LogP contribution in [-0.2, 0) is 0 Å². The van der Waals surface area contributed by atoms with Crippen molar-refractivity contribution in [2.24, 2.45) is 0 Å². The Morgan fingerprint density at radius 1 is 1.44 bits per heavy atom. The first-order valence-corrected chi connectivity index (χ1v) is 6.21. The van der Waals surface area contributed by atoms with Gasteiger partial charge in [0.05, 0.1) is 11.0 Å².